The van der Waals surface area contributed by atoms with Crippen molar-refractivity contribution in [1.82, 2.24) is 4.98 Å². The molecular formula is C12H13ClN2OS. The van der Waals surface area contributed by atoms with E-state index >= 15 is 0 Å². The molecule has 0 aliphatic heterocycles. The second-order valence-corrected chi connectivity index (χ2v) is 5.33. The zero-order valence-electron chi connectivity index (χ0n) is 9.40. The van der Waals surface area contributed by atoms with Crippen LogP contribution in [0.15, 0.2) is 24.4 Å². The average Bonchev–Trinajstić information content (AvgIpc) is 2.74. The van der Waals surface area contributed by atoms with E-state index in [0.717, 1.165) is 21.1 Å². The molecule has 1 aromatic carbocycles. The van der Waals surface area contributed by atoms with Crippen LogP contribution in [0.4, 0.5) is 5.69 Å². The number of nitrogens with zero attached hydrogens (tertiary/aromatic N) is 1. The number of aromatic nitrogens is 1. The fourth-order valence-electron chi connectivity index (χ4n) is 1.51. The molecule has 0 spiro atoms. The molecule has 0 saturated heterocycles. The Labute approximate surface area is 109 Å². The predicted molar refractivity (Wildman–Crippen MR) is 71.6 cm³/mol. The van der Waals surface area contributed by atoms with Crippen LogP contribution in [0.1, 0.15) is 15.4 Å². The summed E-state index contributed by atoms with van der Waals surface area (Å²) in [4.78, 5) is 5.35. The Morgan fingerprint density at radius 1 is 1.47 bits per heavy atom. The highest BCUT2D eigenvalue weighted by atomic mass is 35.5. The third kappa shape index (κ3) is 2.97. The van der Waals surface area contributed by atoms with E-state index in [1.165, 1.54) is 0 Å². The summed E-state index contributed by atoms with van der Waals surface area (Å²) in [6, 6.07) is 5.58. The second kappa shape index (κ2) is 5.49. The molecule has 0 atom stereocenters. The summed E-state index contributed by atoms with van der Waals surface area (Å²) in [6.07, 6.45) is 1.86. The highest BCUT2D eigenvalue weighted by Crippen LogP contribution is 2.26. The summed E-state index contributed by atoms with van der Waals surface area (Å²) < 4.78 is 0. The molecule has 2 rings (SSSR count). The third-order valence-electron chi connectivity index (χ3n) is 2.37. The number of aliphatic hydroxyl groups excluding tert-OH is 1. The van der Waals surface area contributed by atoms with Crippen molar-refractivity contribution < 1.29 is 5.11 Å². The van der Waals surface area contributed by atoms with Gasteiger partial charge in [-0.2, -0.15) is 0 Å². The lowest BCUT2D eigenvalue weighted by Gasteiger charge is -2.09. The van der Waals surface area contributed by atoms with Gasteiger partial charge in [-0.25, -0.2) is 4.98 Å². The maximum Gasteiger partial charge on any atom is 0.0897 e. The molecule has 0 aliphatic rings. The van der Waals surface area contributed by atoms with E-state index in [0.29, 0.717) is 11.6 Å². The van der Waals surface area contributed by atoms with Crippen molar-refractivity contribution in [2.24, 2.45) is 0 Å². The van der Waals surface area contributed by atoms with Crippen LogP contribution in [0.25, 0.3) is 0 Å². The molecule has 5 heteroatoms. The number of rotatable bonds is 4. The van der Waals surface area contributed by atoms with Gasteiger partial charge in [0.25, 0.3) is 0 Å². The molecular weight excluding hydrogens is 256 g/mol. The number of nitrogens with one attached hydrogen (secondary N) is 1. The molecule has 90 valence electrons. The van der Waals surface area contributed by atoms with E-state index in [1.54, 1.807) is 11.3 Å². The summed E-state index contributed by atoms with van der Waals surface area (Å²) in [6.45, 7) is 2.63. The summed E-state index contributed by atoms with van der Waals surface area (Å²) in [5, 5.41) is 14.0. The Morgan fingerprint density at radius 3 is 2.94 bits per heavy atom. The summed E-state index contributed by atoms with van der Waals surface area (Å²) in [5.41, 5.74) is 1.57. The lowest BCUT2D eigenvalue weighted by molar-refractivity contribution is 0.282. The zero-order chi connectivity index (χ0) is 12.3. The van der Waals surface area contributed by atoms with Crippen LogP contribution in [0.2, 0.25) is 5.02 Å². The first-order valence-corrected chi connectivity index (χ1v) is 6.43. The standard InChI is InChI=1S/C12H13ClN2OS/c1-8-14-5-10(17-8)6-15-11-4-2-3-9(7-16)12(11)13/h2-5,15-16H,6-7H2,1H3. The number of thiazole rings is 1. The fraction of sp³-hybridized carbons (Fsp3) is 0.250. The quantitative estimate of drug-likeness (QED) is 0.895. The fourth-order valence-corrected chi connectivity index (χ4v) is 2.49. The Kier molecular flexibility index (Phi) is 3.99. The number of benzene rings is 1. The number of aliphatic hydroxyl groups is 1. The normalized spacial score (nSPS) is 10.5. The minimum absolute atomic E-state index is 0.0476. The van der Waals surface area contributed by atoms with E-state index in [4.69, 9.17) is 16.7 Å². The van der Waals surface area contributed by atoms with Crippen LogP contribution in [-0.2, 0) is 13.2 Å². The lowest BCUT2D eigenvalue weighted by Crippen LogP contribution is -1.99. The van der Waals surface area contributed by atoms with E-state index in [-0.39, 0.29) is 6.61 Å². The van der Waals surface area contributed by atoms with Crippen molar-refractivity contribution in [2.75, 3.05) is 5.32 Å². The van der Waals surface area contributed by atoms with Gasteiger partial charge in [0.2, 0.25) is 0 Å². The van der Waals surface area contributed by atoms with Crippen molar-refractivity contribution in [3.05, 3.63) is 44.9 Å². The average molecular weight is 269 g/mol. The van der Waals surface area contributed by atoms with Crippen molar-refractivity contribution in [3.8, 4) is 0 Å². The van der Waals surface area contributed by atoms with Crippen LogP contribution >= 0.6 is 22.9 Å². The van der Waals surface area contributed by atoms with Gasteiger partial charge in [-0.15, -0.1) is 11.3 Å². The molecule has 1 heterocycles. The molecule has 0 unspecified atom stereocenters. The summed E-state index contributed by atoms with van der Waals surface area (Å²) in [7, 11) is 0. The molecule has 0 bridgehead atoms. The monoisotopic (exact) mass is 268 g/mol. The van der Waals surface area contributed by atoms with Crippen molar-refractivity contribution >= 4 is 28.6 Å². The molecule has 0 aliphatic carbocycles. The molecule has 3 nitrogen and oxygen atoms in total. The topological polar surface area (TPSA) is 45.2 Å². The van der Waals surface area contributed by atoms with Crippen LogP contribution in [0.5, 0.6) is 0 Å². The van der Waals surface area contributed by atoms with Crippen molar-refractivity contribution in [3.63, 3.8) is 0 Å². The van der Waals surface area contributed by atoms with E-state index < -0.39 is 0 Å². The van der Waals surface area contributed by atoms with E-state index in [1.807, 2.05) is 31.3 Å². The van der Waals surface area contributed by atoms with Gasteiger partial charge in [-0.3, -0.25) is 0 Å². The largest absolute Gasteiger partial charge is 0.392 e. The van der Waals surface area contributed by atoms with E-state index in [9.17, 15) is 0 Å². The van der Waals surface area contributed by atoms with Gasteiger partial charge in [0.15, 0.2) is 0 Å². The Hall–Kier alpha value is -1.10. The number of anilines is 1. The van der Waals surface area contributed by atoms with Crippen LogP contribution in [-0.4, -0.2) is 10.1 Å². The number of aryl methyl sites for hydroxylation is 1. The van der Waals surface area contributed by atoms with Crippen molar-refractivity contribution in [1.29, 1.82) is 0 Å². The predicted octanol–water partition coefficient (Wildman–Crippen LogP) is 3.21. The number of halogens is 1. The van der Waals surface area contributed by atoms with Gasteiger partial charge in [-0.1, -0.05) is 23.7 Å². The van der Waals surface area contributed by atoms with Crippen LogP contribution < -0.4 is 5.32 Å². The highest BCUT2D eigenvalue weighted by molar-refractivity contribution is 7.11. The lowest BCUT2D eigenvalue weighted by atomic mass is 10.2. The Morgan fingerprint density at radius 2 is 2.29 bits per heavy atom. The first-order chi connectivity index (χ1) is 8.20. The molecule has 2 aromatic rings. The number of hydrogen-bond donors (Lipinski definition) is 2. The van der Waals surface area contributed by atoms with Gasteiger partial charge in [0, 0.05) is 11.1 Å². The van der Waals surface area contributed by atoms with E-state index in [2.05, 4.69) is 10.3 Å². The second-order valence-electron chi connectivity index (χ2n) is 3.64. The van der Waals surface area contributed by atoms with Gasteiger partial charge in [0.1, 0.15) is 0 Å². The summed E-state index contributed by atoms with van der Waals surface area (Å²) >= 11 is 7.80. The minimum Gasteiger partial charge on any atom is -0.392 e. The van der Waals surface area contributed by atoms with Crippen molar-refractivity contribution in [2.45, 2.75) is 20.1 Å². The number of hydrogen-bond acceptors (Lipinski definition) is 4. The third-order valence-corrected chi connectivity index (χ3v) is 3.73. The maximum absolute atomic E-state index is 9.11. The van der Waals surface area contributed by atoms with Crippen LogP contribution in [0.3, 0.4) is 0 Å². The van der Waals surface area contributed by atoms with Crippen LogP contribution in [0, 0.1) is 6.92 Å². The molecule has 0 fully saturated rings. The molecule has 17 heavy (non-hydrogen) atoms. The van der Waals surface area contributed by atoms with Gasteiger partial charge in [-0.05, 0) is 18.6 Å². The van der Waals surface area contributed by atoms with Gasteiger partial charge >= 0.3 is 0 Å². The first-order valence-electron chi connectivity index (χ1n) is 5.24. The minimum atomic E-state index is -0.0476. The molecule has 0 saturated carbocycles. The maximum atomic E-state index is 9.11. The summed E-state index contributed by atoms with van der Waals surface area (Å²) in [5.74, 6) is 0. The first kappa shape index (κ1) is 12.4. The zero-order valence-corrected chi connectivity index (χ0v) is 11.0. The molecule has 2 N–H and O–H groups in total. The Bertz CT molecular complexity index is 513. The molecule has 0 radical (unpaired) electrons. The van der Waals surface area contributed by atoms with Gasteiger partial charge in [0.05, 0.1) is 28.9 Å². The SMILES string of the molecule is Cc1ncc(CNc2cccc(CO)c2Cl)s1. The highest BCUT2D eigenvalue weighted by Gasteiger charge is 2.05. The molecule has 0 amide bonds. The smallest absolute Gasteiger partial charge is 0.0897 e. The molecule has 1 aromatic heterocycles. The van der Waals surface area contributed by atoms with Gasteiger partial charge < -0.3 is 10.4 Å². The Balaban J connectivity index is 2.09.